The van der Waals surface area contributed by atoms with Crippen molar-refractivity contribution in [3.05, 3.63) is 63.4 Å². The van der Waals surface area contributed by atoms with Crippen molar-refractivity contribution in [1.29, 1.82) is 0 Å². The van der Waals surface area contributed by atoms with E-state index in [1.165, 1.54) is 17.7 Å². The molecule has 0 saturated heterocycles. The van der Waals surface area contributed by atoms with Gasteiger partial charge in [0, 0.05) is 28.7 Å². The molecule has 20 heavy (non-hydrogen) atoms. The highest BCUT2D eigenvalue weighted by Crippen LogP contribution is 2.25. The molecule has 0 unspecified atom stereocenters. The lowest BCUT2D eigenvalue weighted by Crippen LogP contribution is -2.05. The van der Waals surface area contributed by atoms with Gasteiger partial charge in [0.1, 0.15) is 5.82 Å². The fraction of sp³-hybridized carbons (Fsp3) is 0.188. The van der Waals surface area contributed by atoms with E-state index in [4.69, 9.17) is 0 Å². The van der Waals surface area contributed by atoms with Gasteiger partial charge in [0.15, 0.2) is 5.78 Å². The second-order valence-electron chi connectivity index (χ2n) is 4.88. The maximum atomic E-state index is 13.2. The zero-order valence-electron chi connectivity index (χ0n) is 10.7. The Kier molecular flexibility index (Phi) is 3.57. The molecule has 1 heterocycles. The predicted molar refractivity (Wildman–Crippen MR) is 80.8 cm³/mol. The Bertz CT molecular complexity index is 684. The SMILES string of the molecule is O=C(Cc1cc(F)ccc1Br)c1ccc2c(c1)CCN2. The molecule has 2 aromatic carbocycles. The first-order valence-electron chi connectivity index (χ1n) is 6.47. The van der Waals surface area contributed by atoms with Crippen molar-refractivity contribution < 1.29 is 9.18 Å². The Balaban J connectivity index is 1.84. The molecule has 0 fully saturated rings. The number of fused-ring (bicyclic) bond motifs is 1. The summed E-state index contributed by atoms with van der Waals surface area (Å²) in [7, 11) is 0. The van der Waals surface area contributed by atoms with E-state index >= 15 is 0 Å². The number of carbonyl (C=O) groups is 1. The lowest BCUT2D eigenvalue weighted by molar-refractivity contribution is 0.0992. The zero-order chi connectivity index (χ0) is 14.1. The summed E-state index contributed by atoms with van der Waals surface area (Å²) < 4.78 is 14.0. The highest BCUT2D eigenvalue weighted by molar-refractivity contribution is 9.10. The minimum atomic E-state index is -0.325. The van der Waals surface area contributed by atoms with Crippen molar-refractivity contribution in [2.24, 2.45) is 0 Å². The Morgan fingerprint density at radius 2 is 2.10 bits per heavy atom. The Morgan fingerprint density at radius 1 is 1.25 bits per heavy atom. The standard InChI is InChI=1S/C16H13BrFNO/c17-14-3-2-13(18)8-12(14)9-16(20)11-1-4-15-10(7-11)5-6-19-15/h1-4,7-8,19H,5-6,9H2. The Morgan fingerprint density at radius 3 is 2.95 bits per heavy atom. The van der Waals surface area contributed by atoms with Crippen molar-refractivity contribution in [2.75, 3.05) is 11.9 Å². The molecule has 0 amide bonds. The number of hydrogen-bond acceptors (Lipinski definition) is 2. The van der Waals surface area contributed by atoms with Gasteiger partial charge in [-0.2, -0.15) is 0 Å². The number of carbonyl (C=O) groups excluding carboxylic acids is 1. The van der Waals surface area contributed by atoms with E-state index in [-0.39, 0.29) is 18.0 Å². The van der Waals surface area contributed by atoms with Gasteiger partial charge in [0.2, 0.25) is 0 Å². The topological polar surface area (TPSA) is 29.1 Å². The van der Waals surface area contributed by atoms with Gasteiger partial charge in [0.25, 0.3) is 0 Å². The number of hydrogen-bond donors (Lipinski definition) is 1. The van der Waals surface area contributed by atoms with Crippen LogP contribution >= 0.6 is 15.9 Å². The fourth-order valence-corrected chi connectivity index (χ4v) is 2.82. The molecule has 1 N–H and O–H groups in total. The van der Waals surface area contributed by atoms with Crippen molar-refractivity contribution >= 4 is 27.4 Å². The third kappa shape index (κ3) is 2.61. The quantitative estimate of drug-likeness (QED) is 0.861. The van der Waals surface area contributed by atoms with E-state index in [1.807, 2.05) is 18.2 Å². The van der Waals surface area contributed by atoms with Gasteiger partial charge < -0.3 is 5.32 Å². The number of Topliss-reactive ketones (excluding diaryl/α,β-unsaturated/α-hetero) is 1. The largest absolute Gasteiger partial charge is 0.384 e. The van der Waals surface area contributed by atoms with Crippen LogP contribution in [0.25, 0.3) is 0 Å². The van der Waals surface area contributed by atoms with E-state index in [0.717, 1.165) is 23.1 Å². The van der Waals surface area contributed by atoms with Crippen molar-refractivity contribution in [3.8, 4) is 0 Å². The molecule has 102 valence electrons. The number of ketones is 1. The van der Waals surface area contributed by atoms with Gasteiger partial charge in [-0.25, -0.2) is 4.39 Å². The molecule has 0 aliphatic carbocycles. The monoisotopic (exact) mass is 333 g/mol. The Hall–Kier alpha value is -1.68. The van der Waals surface area contributed by atoms with Gasteiger partial charge in [0.05, 0.1) is 0 Å². The van der Waals surface area contributed by atoms with Gasteiger partial charge in [-0.15, -0.1) is 0 Å². The molecule has 0 atom stereocenters. The summed E-state index contributed by atoms with van der Waals surface area (Å²) in [6.07, 6.45) is 1.14. The highest BCUT2D eigenvalue weighted by atomic mass is 79.9. The predicted octanol–water partition coefficient (Wildman–Crippen LogP) is 3.98. The van der Waals surface area contributed by atoms with E-state index in [2.05, 4.69) is 21.2 Å². The van der Waals surface area contributed by atoms with E-state index in [1.54, 1.807) is 6.07 Å². The molecule has 0 spiro atoms. The van der Waals surface area contributed by atoms with Gasteiger partial charge in [-0.3, -0.25) is 4.79 Å². The summed E-state index contributed by atoms with van der Waals surface area (Å²) in [4.78, 5) is 12.3. The van der Waals surface area contributed by atoms with Crippen LogP contribution in [-0.2, 0) is 12.8 Å². The molecular weight excluding hydrogens is 321 g/mol. The first-order chi connectivity index (χ1) is 9.63. The van der Waals surface area contributed by atoms with E-state index in [0.29, 0.717) is 11.1 Å². The minimum absolute atomic E-state index is 0.00556. The van der Waals surface area contributed by atoms with Gasteiger partial charge in [-0.05, 0) is 53.9 Å². The molecular formula is C16H13BrFNO. The molecule has 0 aromatic heterocycles. The van der Waals surface area contributed by atoms with E-state index < -0.39 is 0 Å². The van der Waals surface area contributed by atoms with E-state index in [9.17, 15) is 9.18 Å². The third-order valence-electron chi connectivity index (χ3n) is 3.50. The smallest absolute Gasteiger partial charge is 0.167 e. The van der Waals surface area contributed by atoms with Gasteiger partial charge in [-0.1, -0.05) is 15.9 Å². The van der Waals surface area contributed by atoms with Crippen LogP contribution in [0.5, 0.6) is 0 Å². The number of halogens is 2. The average Bonchev–Trinajstić information content (AvgIpc) is 2.90. The summed E-state index contributed by atoms with van der Waals surface area (Å²) in [5.41, 5.74) is 3.64. The second kappa shape index (κ2) is 5.37. The van der Waals surface area contributed by atoms with Crippen LogP contribution in [0.2, 0.25) is 0 Å². The van der Waals surface area contributed by atoms with Crippen LogP contribution in [0, 0.1) is 5.82 Å². The van der Waals surface area contributed by atoms with Crippen LogP contribution < -0.4 is 5.32 Å². The molecule has 2 aromatic rings. The summed E-state index contributed by atoms with van der Waals surface area (Å²) in [5.74, 6) is -0.319. The van der Waals surface area contributed by atoms with Crippen LogP contribution in [-0.4, -0.2) is 12.3 Å². The van der Waals surface area contributed by atoms with Crippen LogP contribution in [0.3, 0.4) is 0 Å². The molecule has 3 rings (SSSR count). The lowest BCUT2D eigenvalue weighted by Gasteiger charge is -2.06. The summed E-state index contributed by atoms with van der Waals surface area (Å²) >= 11 is 3.35. The van der Waals surface area contributed by atoms with Crippen LogP contribution in [0.4, 0.5) is 10.1 Å². The molecule has 1 aliphatic heterocycles. The first-order valence-corrected chi connectivity index (χ1v) is 7.27. The maximum absolute atomic E-state index is 13.2. The van der Waals surface area contributed by atoms with Crippen molar-refractivity contribution in [3.63, 3.8) is 0 Å². The highest BCUT2D eigenvalue weighted by Gasteiger charge is 2.15. The maximum Gasteiger partial charge on any atom is 0.167 e. The Labute approximate surface area is 125 Å². The number of nitrogens with one attached hydrogen (secondary N) is 1. The lowest BCUT2D eigenvalue weighted by atomic mass is 10.0. The number of rotatable bonds is 3. The average molecular weight is 334 g/mol. The molecule has 0 saturated carbocycles. The normalized spacial score (nSPS) is 12.9. The fourth-order valence-electron chi connectivity index (χ4n) is 2.43. The van der Waals surface area contributed by atoms with Crippen LogP contribution in [0.15, 0.2) is 40.9 Å². The molecule has 4 heteroatoms. The minimum Gasteiger partial charge on any atom is -0.384 e. The molecule has 2 nitrogen and oxygen atoms in total. The summed E-state index contributed by atoms with van der Waals surface area (Å²) in [6, 6.07) is 10.1. The second-order valence-corrected chi connectivity index (χ2v) is 5.74. The summed E-state index contributed by atoms with van der Waals surface area (Å²) in [6.45, 7) is 0.919. The van der Waals surface area contributed by atoms with Crippen molar-refractivity contribution in [2.45, 2.75) is 12.8 Å². The molecule has 0 bridgehead atoms. The zero-order valence-corrected chi connectivity index (χ0v) is 12.3. The molecule has 0 radical (unpaired) electrons. The van der Waals surface area contributed by atoms with Gasteiger partial charge >= 0.3 is 0 Å². The number of benzene rings is 2. The summed E-state index contributed by atoms with van der Waals surface area (Å²) in [5, 5.41) is 3.26. The first kappa shape index (κ1) is 13.3. The molecule has 1 aliphatic rings. The third-order valence-corrected chi connectivity index (χ3v) is 4.27. The number of anilines is 1. The van der Waals surface area contributed by atoms with Crippen molar-refractivity contribution in [1.82, 2.24) is 0 Å². The van der Waals surface area contributed by atoms with Crippen LogP contribution in [0.1, 0.15) is 21.5 Å².